The van der Waals surface area contributed by atoms with Gasteiger partial charge in [0.25, 0.3) is 0 Å². The van der Waals surface area contributed by atoms with E-state index in [0.29, 0.717) is 25.9 Å². The molecule has 4 amide bonds. The molecular weight excluding hydrogens is 616 g/mol. The van der Waals surface area contributed by atoms with Crippen LogP contribution in [0.25, 0.3) is 0 Å². The zero-order valence-corrected chi connectivity index (χ0v) is 28.5. The predicted octanol–water partition coefficient (Wildman–Crippen LogP) is 4.87. The van der Waals surface area contributed by atoms with Crippen LogP contribution >= 0.6 is 0 Å². The molecule has 4 aliphatic rings. The van der Waals surface area contributed by atoms with Crippen LogP contribution in [0.2, 0.25) is 0 Å². The molecule has 3 aliphatic heterocycles. The molecule has 1 aromatic carbocycles. The van der Waals surface area contributed by atoms with E-state index in [4.69, 9.17) is 9.47 Å². The van der Waals surface area contributed by atoms with Gasteiger partial charge in [-0.3, -0.25) is 9.59 Å². The van der Waals surface area contributed by atoms with Gasteiger partial charge in [0.2, 0.25) is 11.8 Å². The number of allylic oxidation sites excluding steroid dienone is 1. The van der Waals surface area contributed by atoms with Crippen molar-refractivity contribution in [2.45, 2.75) is 127 Å². The van der Waals surface area contributed by atoms with Crippen molar-refractivity contribution in [2.75, 3.05) is 13.1 Å². The maximum atomic E-state index is 14.2. The van der Waals surface area contributed by atoms with E-state index in [2.05, 4.69) is 16.7 Å². The molecule has 0 spiro atoms. The van der Waals surface area contributed by atoms with E-state index < -0.39 is 59.3 Å². The number of carbonyl (C=O) groups excluding carboxylic acids is 4. The van der Waals surface area contributed by atoms with Crippen LogP contribution in [-0.2, 0) is 30.4 Å². The minimum atomic E-state index is -1.46. The number of ether oxygens (including phenoxy) is 2. The first-order chi connectivity index (χ1) is 22.8. The van der Waals surface area contributed by atoms with Crippen LogP contribution in [0.4, 0.5) is 9.59 Å². The highest BCUT2D eigenvalue weighted by molar-refractivity contribution is 5.96. The second kappa shape index (κ2) is 14.6. The number of hydrogen-bond acceptors (Lipinski definition) is 7. The van der Waals surface area contributed by atoms with Gasteiger partial charge in [0.05, 0.1) is 6.54 Å². The summed E-state index contributed by atoms with van der Waals surface area (Å²) < 4.78 is 11.4. The largest absolute Gasteiger partial charge is 0.479 e. The van der Waals surface area contributed by atoms with Crippen LogP contribution < -0.4 is 10.6 Å². The van der Waals surface area contributed by atoms with Crippen molar-refractivity contribution >= 4 is 30.0 Å². The summed E-state index contributed by atoms with van der Waals surface area (Å²) >= 11 is 0. The Morgan fingerprint density at radius 1 is 1.04 bits per heavy atom. The summed E-state index contributed by atoms with van der Waals surface area (Å²) in [5, 5.41) is 15.6. The summed E-state index contributed by atoms with van der Waals surface area (Å²) in [4.78, 5) is 69.9. The van der Waals surface area contributed by atoms with Crippen molar-refractivity contribution in [3.05, 3.63) is 47.5 Å². The van der Waals surface area contributed by atoms with Crippen LogP contribution in [0.15, 0.2) is 36.4 Å². The number of nitrogens with zero attached hydrogens (tertiary/aromatic N) is 2. The third-order valence-electron chi connectivity index (χ3n) is 9.78. The van der Waals surface area contributed by atoms with E-state index in [1.165, 1.54) is 10.5 Å². The topological polar surface area (TPSA) is 155 Å². The number of alkyl carbamates (subject to hydrolysis) is 1. The first kappa shape index (κ1) is 35.2. The molecule has 1 unspecified atom stereocenters. The highest BCUT2D eigenvalue weighted by atomic mass is 16.6. The van der Waals surface area contributed by atoms with E-state index in [1.807, 2.05) is 37.3 Å². The summed E-state index contributed by atoms with van der Waals surface area (Å²) in [6.07, 6.45) is 7.57. The molecule has 12 heteroatoms. The van der Waals surface area contributed by atoms with E-state index in [0.717, 1.165) is 37.7 Å². The first-order valence-electron chi connectivity index (χ1n) is 17.3. The lowest BCUT2D eigenvalue weighted by Crippen LogP contribution is -2.56. The molecule has 5 rings (SSSR count). The molecule has 3 heterocycles. The van der Waals surface area contributed by atoms with Crippen molar-refractivity contribution in [1.82, 2.24) is 20.4 Å². The van der Waals surface area contributed by atoms with Crippen LogP contribution in [0.1, 0.15) is 103 Å². The number of hydrogen-bond donors (Lipinski definition) is 3. The molecule has 3 N–H and O–H groups in total. The molecule has 1 aromatic rings. The number of carbonyl (C=O) groups is 5. The van der Waals surface area contributed by atoms with Gasteiger partial charge >= 0.3 is 18.2 Å². The van der Waals surface area contributed by atoms with Crippen molar-refractivity contribution in [3.8, 4) is 0 Å². The van der Waals surface area contributed by atoms with Gasteiger partial charge in [0.1, 0.15) is 29.3 Å². The summed E-state index contributed by atoms with van der Waals surface area (Å²) in [6.45, 7) is 8.03. The van der Waals surface area contributed by atoms with Gasteiger partial charge in [-0.1, -0.05) is 69.0 Å². The van der Waals surface area contributed by atoms with Crippen LogP contribution in [0.5, 0.6) is 0 Å². The van der Waals surface area contributed by atoms with Gasteiger partial charge in [-0.15, -0.1) is 0 Å². The fourth-order valence-electron chi connectivity index (χ4n) is 7.16. The average molecular weight is 667 g/mol. The number of fused-ring (bicyclic) bond motifs is 3. The lowest BCUT2D eigenvalue weighted by Gasteiger charge is -2.33. The predicted molar refractivity (Wildman–Crippen MR) is 177 cm³/mol. The number of rotatable bonds is 3. The number of carboxylic acids is 1. The standard InChI is InChI=1S/C36H50N4O8/c1-23-20-39(21-24-14-12-13-16-27(23)24)34(46)47-26-18-29-30(41)38-36(32(43)44)19-25(36)15-10-8-6-5-7-9-11-17-28(31(42)40(29)22-26)37-33(45)48-35(2,3)4/h10,12-16,23,25-26,28-29H,5-9,11,17-22H2,1-4H3,(H,37,45)(H,38,41)(H,43,44)/b15-10-/t23?,25-,26-,28+,29+,36-/m1/s1. The zero-order valence-electron chi connectivity index (χ0n) is 28.5. The molecule has 12 nitrogen and oxygen atoms in total. The fraction of sp³-hybridized carbons (Fsp3) is 0.639. The molecule has 48 heavy (non-hydrogen) atoms. The quantitative estimate of drug-likeness (QED) is 0.387. The lowest BCUT2D eigenvalue weighted by atomic mass is 9.91. The molecule has 0 bridgehead atoms. The molecule has 1 saturated heterocycles. The summed E-state index contributed by atoms with van der Waals surface area (Å²) in [5.41, 5.74) is -0.0233. The van der Waals surface area contributed by atoms with E-state index >= 15 is 0 Å². The van der Waals surface area contributed by atoms with E-state index in [1.54, 1.807) is 25.7 Å². The van der Waals surface area contributed by atoms with Gasteiger partial charge in [-0.2, -0.15) is 0 Å². The Morgan fingerprint density at radius 3 is 2.52 bits per heavy atom. The third-order valence-corrected chi connectivity index (χ3v) is 9.78. The molecule has 1 saturated carbocycles. The molecule has 1 aliphatic carbocycles. The number of carboxylic acid groups (broad SMARTS) is 1. The Hall–Kier alpha value is -4.09. The van der Waals surface area contributed by atoms with Crippen molar-refractivity contribution in [3.63, 3.8) is 0 Å². The van der Waals surface area contributed by atoms with Gasteiger partial charge in [-0.25, -0.2) is 14.4 Å². The number of nitrogens with one attached hydrogen (secondary N) is 2. The Bertz CT molecular complexity index is 1420. The summed E-state index contributed by atoms with van der Waals surface area (Å²) in [6, 6.07) is 5.88. The molecule has 6 atom stereocenters. The Labute approximate surface area is 282 Å². The molecule has 0 radical (unpaired) electrons. The van der Waals surface area contributed by atoms with Gasteiger partial charge in [0, 0.05) is 25.4 Å². The molecule has 2 fully saturated rings. The highest BCUT2D eigenvalue weighted by Gasteiger charge is 2.61. The van der Waals surface area contributed by atoms with Crippen LogP contribution in [-0.4, -0.2) is 87.3 Å². The second-order valence-electron chi connectivity index (χ2n) is 14.8. The average Bonchev–Trinajstić information content (AvgIpc) is 3.55. The number of amides is 4. The fourth-order valence-corrected chi connectivity index (χ4v) is 7.16. The Kier molecular flexibility index (Phi) is 10.7. The normalized spacial score (nSPS) is 30.5. The van der Waals surface area contributed by atoms with Crippen molar-refractivity contribution < 1.29 is 38.6 Å². The monoisotopic (exact) mass is 666 g/mol. The van der Waals surface area contributed by atoms with Crippen LogP contribution in [0.3, 0.4) is 0 Å². The second-order valence-corrected chi connectivity index (χ2v) is 14.8. The lowest BCUT2D eigenvalue weighted by molar-refractivity contribution is -0.145. The maximum absolute atomic E-state index is 14.2. The van der Waals surface area contributed by atoms with E-state index in [-0.39, 0.29) is 31.2 Å². The SMILES string of the molecule is CC1CN(C(=O)O[C@@H]2C[C@H]3C(=O)N[C@]4(C(=O)O)C[C@H]4/C=C\CCCCCCC[C@H](NC(=O)OC(C)(C)C)C(=O)N3C2)Cc2ccccc21. The Morgan fingerprint density at radius 2 is 1.77 bits per heavy atom. The third kappa shape index (κ3) is 8.30. The Balaban J connectivity index is 1.38. The molecule has 0 aromatic heterocycles. The van der Waals surface area contributed by atoms with Crippen molar-refractivity contribution in [2.24, 2.45) is 5.92 Å². The number of aliphatic carboxylic acids is 1. The highest BCUT2D eigenvalue weighted by Crippen LogP contribution is 2.45. The number of benzene rings is 1. The van der Waals surface area contributed by atoms with Gasteiger partial charge in [-0.05, 0) is 63.5 Å². The van der Waals surface area contributed by atoms with E-state index in [9.17, 15) is 29.1 Å². The van der Waals surface area contributed by atoms with Gasteiger partial charge in [0.15, 0.2) is 0 Å². The summed E-state index contributed by atoms with van der Waals surface area (Å²) in [5.74, 6) is -2.51. The minimum Gasteiger partial charge on any atom is -0.479 e. The maximum Gasteiger partial charge on any atom is 0.410 e. The van der Waals surface area contributed by atoms with Gasteiger partial charge < -0.3 is 35.0 Å². The minimum absolute atomic E-state index is 0.00133. The zero-order chi connectivity index (χ0) is 34.6. The molecule has 262 valence electrons. The first-order valence-corrected chi connectivity index (χ1v) is 17.3. The molecular formula is C36H50N4O8. The van der Waals surface area contributed by atoms with Crippen LogP contribution in [0, 0.1) is 5.92 Å². The smallest absolute Gasteiger partial charge is 0.410 e. The van der Waals surface area contributed by atoms with Crippen molar-refractivity contribution in [1.29, 1.82) is 0 Å². The summed E-state index contributed by atoms with van der Waals surface area (Å²) in [7, 11) is 0.